The summed E-state index contributed by atoms with van der Waals surface area (Å²) in [6.45, 7) is 5.04. The Morgan fingerprint density at radius 3 is 3.05 bits per heavy atom. The highest BCUT2D eigenvalue weighted by atomic mass is 79.9. The molecule has 0 amide bonds. The van der Waals surface area contributed by atoms with Gasteiger partial charge in [0.15, 0.2) is 0 Å². The Bertz CT molecular complexity index is 481. The fraction of sp³-hybridized carbons (Fsp3) is 0.400. The Kier molecular flexibility index (Phi) is 5.61. The van der Waals surface area contributed by atoms with E-state index in [1.165, 1.54) is 6.08 Å². The molecular weight excluding hydrogens is 324 g/mol. The smallest absolute Gasteiger partial charge is 0.338 e. The number of hydrogen-bond acceptors (Lipinski definition) is 4. The molecule has 0 bridgehead atoms. The van der Waals surface area contributed by atoms with Crippen LogP contribution in [0.3, 0.4) is 0 Å². The minimum atomic E-state index is -0.378. The molecule has 0 spiro atoms. The van der Waals surface area contributed by atoms with Crippen molar-refractivity contribution in [3.8, 4) is 5.75 Å². The average molecular weight is 341 g/mol. The molecule has 0 radical (unpaired) electrons. The van der Waals surface area contributed by atoms with E-state index in [9.17, 15) is 4.79 Å². The molecule has 5 heteroatoms. The van der Waals surface area contributed by atoms with E-state index in [4.69, 9.17) is 14.2 Å². The molecule has 1 atom stereocenters. The van der Waals surface area contributed by atoms with Gasteiger partial charge in [-0.1, -0.05) is 12.7 Å². The molecule has 0 aromatic heterocycles. The molecule has 0 aliphatic carbocycles. The van der Waals surface area contributed by atoms with E-state index in [1.807, 2.05) is 0 Å². The standard InChI is InChI=1S/C15H17BrO4/c1-2-7-19-15(17)11-5-6-14(13(16)9-11)20-10-12-4-3-8-18-12/h2,5-6,9,12H,1,3-4,7-8,10H2. The maximum absolute atomic E-state index is 11.7. The van der Waals surface area contributed by atoms with E-state index in [2.05, 4.69) is 22.5 Å². The van der Waals surface area contributed by atoms with Crippen molar-refractivity contribution >= 4 is 21.9 Å². The van der Waals surface area contributed by atoms with Crippen molar-refractivity contribution < 1.29 is 19.0 Å². The summed E-state index contributed by atoms with van der Waals surface area (Å²) in [5.41, 5.74) is 0.475. The van der Waals surface area contributed by atoms with Gasteiger partial charge in [-0.15, -0.1) is 0 Å². The van der Waals surface area contributed by atoms with Crippen molar-refractivity contribution in [3.05, 3.63) is 40.9 Å². The van der Waals surface area contributed by atoms with Gasteiger partial charge < -0.3 is 14.2 Å². The summed E-state index contributed by atoms with van der Waals surface area (Å²) >= 11 is 3.40. The number of carbonyl (C=O) groups excluding carboxylic acids is 1. The van der Waals surface area contributed by atoms with Crippen LogP contribution in [-0.4, -0.2) is 31.9 Å². The molecule has 4 nitrogen and oxygen atoms in total. The maximum atomic E-state index is 11.7. The first kappa shape index (κ1) is 15.1. The summed E-state index contributed by atoms with van der Waals surface area (Å²) in [5, 5.41) is 0. The molecule has 108 valence electrons. The monoisotopic (exact) mass is 340 g/mol. The lowest BCUT2D eigenvalue weighted by Gasteiger charge is -2.13. The zero-order valence-electron chi connectivity index (χ0n) is 11.1. The largest absolute Gasteiger partial charge is 0.490 e. The molecule has 0 saturated carbocycles. The predicted molar refractivity (Wildman–Crippen MR) is 79.1 cm³/mol. The van der Waals surface area contributed by atoms with Crippen LogP contribution in [0.25, 0.3) is 0 Å². The summed E-state index contributed by atoms with van der Waals surface area (Å²) in [6.07, 6.45) is 3.82. The van der Waals surface area contributed by atoms with Crippen LogP contribution in [0, 0.1) is 0 Å². The van der Waals surface area contributed by atoms with E-state index in [0.717, 1.165) is 23.9 Å². The highest BCUT2D eigenvalue weighted by Crippen LogP contribution is 2.27. The number of benzene rings is 1. The van der Waals surface area contributed by atoms with Gasteiger partial charge in [0.2, 0.25) is 0 Å². The van der Waals surface area contributed by atoms with Gasteiger partial charge in [0.1, 0.15) is 19.0 Å². The predicted octanol–water partition coefficient (Wildman–Crippen LogP) is 3.35. The molecular formula is C15H17BrO4. The van der Waals surface area contributed by atoms with Crippen LogP contribution in [0.4, 0.5) is 0 Å². The minimum absolute atomic E-state index is 0.166. The average Bonchev–Trinajstić information content (AvgIpc) is 2.96. The number of halogens is 1. The lowest BCUT2D eigenvalue weighted by Crippen LogP contribution is -2.16. The van der Waals surface area contributed by atoms with E-state index >= 15 is 0 Å². The summed E-state index contributed by atoms with van der Waals surface area (Å²) in [5.74, 6) is 0.317. The summed E-state index contributed by atoms with van der Waals surface area (Å²) in [6, 6.07) is 5.13. The Hall–Kier alpha value is -1.33. The van der Waals surface area contributed by atoms with Gasteiger partial charge in [-0.25, -0.2) is 4.79 Å². The quantitative estimate of drug-likeness (QED) is 0.588. The first-order valence-corrected chi connectivity index (χ1v) is 7.32. The van der Waals surface area contributed by atoms with Crippen LogP contribution in [-0.2, 0) is 9.47 Å². The van der Waals surface area contributed by atoms with Crippen molar-refractivity contribution in [1.29, 1.82) is 0 Å². The molecule has 20 heavy (non-hydrogen) atoms. The summed E-state index contributed by atoms with van der Waals surface area (Å²) in [7, 11) is 0. The fourth-order valence-corrected chi connectivity index (χ4v) is 2.41. The van der Waals surface area contributed by atoms with E-state index in [0.29, 0.717) is 17.9 Å². The first-order valence-electron chi connectivity index (χ1n) is 6.52. The Morgan fingerprint density at radius 2 is 2.40 bits per heavy atom. The molecule has 1 saturated heterocycles. The van der Waals surface area contributed by atoms with Gasteiger partial charge in [0.25, 0.3) is 0 Å². The van der Waals surface area contributed by atoms with Crippen LogP contribution in [0.1, 0.15) is 23.2 Å². The fourth-order valence-electron chi connectivity index (χ4n) is 1.92. The van der Waals surface area contributed by atoms with Crippen LogP contribution >= 0.6 is 15.9 Å². The SMILES string of the molecule is C=CCOC(=O)c1ccc(OCC2CCCO2)c(Br)c1. The highest BCUT2D eigenvalue weighted by molar-refractivity contribution is 9.10. The molecule has 2 rings (SSSR count). The Labute approximate surface area is 126 Å². The first-order chi connectivity index (χ1) is 9.70. The second-order valence-electron chi connectivity index (χ2n) is 4.48. The minimum Gasteiger partial charge on any atom is -0.490 e. The van der Waals surface area contributed by atoms with Crippen molar-refractivity contribution in [3.63, 3.8) is 0 Å². The topological polar surface area (TPSA) is 44.8 Å². The van der Waals surface area contributed by atoms with Gasteiger partial charge in [-0.2, -0.15) is 0 Å². The molecule has 1 aliphatic heterocycles. The number of esters is 1. The normalized spacial score (nSPS) is 17.8. The van der Waals surface area contributed by atoms with E-state index in [-0.39, 0.29) is 18.7 Å². The van der Waals surface area contributed by atoms with E-state index < -0.39 is 0 Å². The van der Waals surface area contributed by atoms with Gasteiger partial charge in [-0.05, 0) is 47.0 Å². The second kappa shape index (κ2) is 7.45. The summed E-state index contributed by atoms with van der Waals surface area (Å²) in [4.78, 5) is 11.7. The Balaban J connectivity index is 1.94. The lowest BCUT2D eigenvalue weighted by atomic mass is 10.2. The molecule has 0 N–H and O–H groups in total. The van der Waals surface area contributed by atoms with Crippen LogP contribution < -0.4 is 4.74 Å². The second-order valence-corrected chi connectivity index (χ2v) is 5.33. The third kappa shape index (κ3) is 4.08. The van der Waals surface area contributed by atoms with Crippen molar-refractivity contribution in [2.24, 2.45) is 0 Å². The van der Waals surface area contributed by atoms with Crippen LogP contribution in [0.5, 0.6) is 5.75 Å². The molecule has 1 aromatic carbocycles. The number of ether oxygens (including phenoxy) is 3. The van der Waals surface area contributed by atoms with Crippen LogP contribution in [0.15, 0.2) is 35.3 Å². The number of carbonyl (C=O) groups is 1. The third-order valence-corrected chi connectivity index (χ3v) is 3.57. The van der Waals surface area contributed by atoms with Gasteiger partial charge in [0, 0.05) is 6.61 Å². The van der Waals surface area contributed by atoms with Crippen molar-refractivity contribution in [1.82, 2.24) is 0 Å². The van der Waals surface area contributed by atoms with Gasteiger partial charge >= 0.3 is 5.97 Å². The van der Waals surface area contributed by atoms with E-state index in [1.54, 1.807) is 18.2 Å². The lowest BCUT2D eigenvalue weighted by molar-refractivity contribution is 0.0549. The maximum Gasteiger partial charge on any atom is 0.338 e. The zero-order chi connectivity index (χ0) is 14.4. The molecule has 1 unspecified atom stereocenters. The number of hydrogen-bond donors (Lipinski definition) is 0. The Morgan fingerprint density at radius 1 is 1.55 bits per heavy atom. The van der Waals surface area contributed by atoms with Crippen molar-refractivity contribution in [2.45, 2.75) is 18.9 Å². The molecule has 1 aromatic rings. The number of rotatable bonds is 6. The van der Waals surface area contributed by atoms with Gasteiger partial charge in [-0.3, -0.25) is 0 Å². The van der Waals surface area contributed by atoms with Gasteiger partial charge in [0.05, 0.1) is 16.1 Å². The summed E-state index contributed by atoms with van der Waals surface area (Å²) < 4.78 is 16.9. The molecule has 1 heterocycles. The van der Waals surface area contributed by atoms with Crippen molar-refractivity contribution in [2.75, 3.05) is 19.8 Å². The zero-order valence-corrected chi connectivity index (χ0v) is 12.7. The molecule has 1 aliphatic rings. The van der Waals surface area contributed by atoms with Crippen LogP contribution in [0.2, 0.25) is 0 Å². The molecule has 1 fully saturated rings. The highest BCUT2D eigenvalue weighted by Gasteiger charge is 2.17. The third-order valence-electron chi connectivity index (χ3n) is 2.95.